The standard InChI is InChI=1S/C16H25N3O2/c1-12-7-6-8-13(9-12)17-14(20)10-19(5)11-15(21)18-16(2,3)4/h6-9H,10-11H2,1-5H3,(H,17,20)(H,18,21)/p+1. The zero-order chi connectivity index (χ0) is 16.0. The number of carbonyl (C=O) groups is 2. The van der Waals surface area contributed by atoms with Crippen molar-refractivity contribution >= 4 is 17.5 Å². The van der Waals surface area contributed by atoms with Gasteiger partial charge < -0.3 is 15.5 Å². The number of nitrogens with one attached hydrogen (secondary N) is 3. The van der Waals surface area contributed by atoms with E-state index in [1.165, 1.54) is 0 Å². The van der Waals surface area contributed by atoms with E-state index in [4.69, 9.17) is 0 Å². The van der Waals surface area contributed by atoms with Gasteiger partial charge >= 0.3 is 0 Å². The van der Waals surface area contributed by atoms with Gasteiger partial charge in [-0.2, -0.15) is 0 Å². The topological polar surface area (TPSA) is 62.6 Å². The number of quaternary nitrogens is 1. The van der Waals surface area contributed by atoms with Crippen molar-refractivity contribution in [3.63, 3.8) is 0 Å². The fourth-order valence-electron chi connectivity index (χ4n) is 2.00. The highest BCUT2D eigenvalue weighted by Gasteiger charge is 2.18. The van der Waals surface area contributed by atoms with Crippen LogP contribution in [0, 0.1) is 6.92 Å². The Morgan fingerprint density at radius 1 is 1.14 bits per heavy atom. The van der Waals surface area contributed by atoms with E-state index in [0.717, 1.165) is 16.2 Å². The highest BCUT2D eigenvalue weighted by Crippen LogP contribution is 2.08. The van der Waals surface area contributed by atoms with Gasteiger partial charge in [-0.15, -0.1) is 0 Å². The molecule has 1 rings (SSSR count). The van der Waals surface area contributed by atoms with E-state index in [2.05, 4.69) is 10.6 Å². The van der Waals surface area contributed by atoms with Crippen molar-refractivity contribution < 1.29 is 14.5 Å². The second-order valence-electron chi connectivity index (χ2n) is 6.53. The minimum absolute atomic E-state index is 0.0524. The predicted molar refractivity (Wildman–Crippen MR) is 84.3 cm³/mol. The van der Waals surface area contributed by atoms with Crippen LogP contribution in [0.15, 0.2) is 24.3 Å². The molecule has 21 heavy (non-hydrogen) atoms. The van der Waals surface area contributed by atoms with Gasteiger partial charge in [-0.1, -0.05) is 12.1 Å². The average Bonchev–Trinajstić information content (AvgIpc) is 2.24. The van der Waals surface area contributed by atoms with Gasteiger partial charge in [-0.25, -0.2) is 0 Å². The molecule has 0 aliphatic heterocycles. The second-order valence-corrected chi connectivity index (χ2v) is 6.53. The molecule has 0 aliphatic carbocycles. The molecule has 0 bridgehead atoms. The molecule has 0 fully saturated rings. The van der Waals surface area contributed by atoms with Crippen LogP contribution in [0.4, 0.5) is 5.69 Å². The van der Waals surface area contributed by atoms with Crippen molar-refractivity contribution in [2.75, 3.05) is 25.5 Å². The lowest BCUT2D eigenvalue weighted by atomic mass is 10.1. The summed E-state index contributed by atoms with van der Waals surface area (Å²) in [7, 11) is 1.83. The van der Waals surface area contributed by atoms with Gasteiger partial charge in [-0.3, -0.25) is 9.59 Å². The number of hydrogen-bond acceptors (Lipinski definition) is 2. The first kappa shape index (κ1) is 17.2. The van der Waals surface area contributed by atoms with E-state index in [1.807, 2.05) is 59.0 Å². The molecule has 2 amide bonds. The summed E-state index contributed by atoms with van der Waals surface area (Å²) in [6.45, 7) is 8.31. The van der Waals surface area contributed by atoms with Crippen molar-refractivity contribution in [3.05, 3.63) is 29.8 Å². The van der Waals surface area contributed by atoms with E-state index in [1.54, 1.807) is 0 Å². The maximum absolute atomic E-state index is 11.9. The normalized spacial score (nSPS) is 12.6. The molecule has 0 aromatic heterocycles. The van der Waals surface area contributed by atoms with Crippen molar-refractivity contribution in [3.8, 4) is 0 Å². The predicted octanol–water partition coefficient (Wildman–Crippen LogP) is 0.363. The first-order valence-electron chi connectivity index (χ1n) is 7.14. The summed E-state index contributed by atoms with van der Waals surface area (Å²) in [4.78, 5) is 24.6. The van der Waals surface area contributed by atoms with Gasteiger partial charge in [0.05, 0.1) is 7.05 Å². The number of hydrogen-bond donors (Lipinski definition) is 3. The summed E-state index contributed by atoms with van der Waals surface area (Å²) in [5.74, 6) is -0.148. The van der Waals surface area contributed by atoms with E-state index in [-0.39, 0.29) is 30.4 Å². The minimum Gasteiger partial charge on any atom is -0.347 e. The van der Waals surface area contributed by atoms with Crippen molar-refractivity contribution in [1.29, 1.82) is 0 Å². The largest absolute Gasteiger partial charge is 0.347 e. The Morgan fingerprint density at radius 3 is 2.33 bits per heavy atom. The maximum Gasteiger partial charge on any atom is 0.279 e. The molecule has 1 atom stereocenters. The lowest BCUT2D eigenvalue weighted by molar-refractivity contribution is -0.862. The number of aryl methyl sites for hydroxylation is 1. The molecular weight excluding hydrogens is 266 g/mol. The molecule has 1 aromatic carbocycles. The molecular formula is C16H26N3O2+. The summed E-state index contributed by atoms with van der Waals surface area (Å²) in [5.41, 5.74) is 1.63. The Balaban J connectivity index is 2.42. The van der Waals surface area contributed by atoms with Gasteiger partial charge in [0, 0.05) is 11.2 Å². The van der Waals surface area contributed by atoms with Gasteiger partial charge in [0.25, 0.3) is 11.8 Å². The third-order valence-corrected chi connectivity index (χ3v) is 2.74. The monoisotopic (exact) mass is 292 g/mol. The SMILES string of the molecule is Cc1cccc(NC(=O)C[NH+](C)CC(=O)NC(C)(C)C)c1. The Labute approximate surface area is 126 Å². The number of amides is 2. The summed E-state index contributed by atoms with van der Waals surface area (Å²) >= 11 is 0. The van der Waals surface area contributed by atoms with Crippen molar-refractivity contribution in [2.24, 2.45) is 0 Å². The van der Waals surface area contributed by atoms with Crippen LogP contribution in [0.25, 0.3) is 0 Å². The van der Waals surface area contributed by atoms with Gasteiger partial charge in [-0.05, 0) is 45.4 Å². The van der Waals surface area contributed by atoms with E-state index >= 15 is 0 Å². The van der Waals surface area contributed by atoms with E-state index < -0.39 is 0 Å². The van der Waals surface area contributed by atoms with Crippen LogP contribution in [0.3, 0.4) is 0 Å². The molecule has 0 spiro atoms. The van der Waals surface area contributed by atoms with Crippen LogP contribution < -0.4 is 15.5 Å². The molecule has 116 valence electrons. The molecule has 5 heteroatoms. The van der Waals surface area contributed by atoms with Crippen LogP contribution in [-0.4, -0.2) is 37.5 Å². The summed E-state index contributed by atoms with van der Waals surface area (Å²) in [5, 5.41) is 5.73. The van der Waals surface area contributed by atoms with Gasteiger partial charge in [0.2, 0.25) is 0 Å². The smallest absolute Gasteiger partial charge is 0.279 e. The van der Waals surface area contributed by atoms with E-state index in [9.17, 15) is 9.59 Å². The molecule has 3 N–H and O–H groups in total. The van der Waals surface area contributed by atoms with Crippen LogP contribution >= 0.6 is 0 Å². The molecule has 0 saturated carbocycles. The first-order chi connectivity index (χ1) is 9.65. The summed E-state index contributed by atoms with van der Waals surface area (Å²) in [6.07, 6.45) is 0. The third-order valence-electron chi connectivity index (χ3n) is 2.74. The van der Waals surface area contributed by atoms with Crippen molar-refractivity contribution in [1.82, 2.24) is 5.32 Å². The fourth-order valence-corrected chi connectivity index (χ4v) is 2.00. The first-order valence-corrected chi connectivity index (χ1v) is 7.14. The Bertz CT molecular complexity index is 506. The fraction of sp³-hybridized carbons (Fsp3) is 0.500. The molecule has 5 nitrogen and oxygen atoms in total. The Kier molecular flexibility index (Phi) is 5.90. The lowest BCUT2D eigenvalue weighted by Gasteiger charge is -2.21. The molecule has 0 saturated heterocycles. The third kappa shape index (κ3) is 7.46. The summed E-state index contributed by atoms with van der Waals surface area (Å²) < 4.78 is 0. The molecule has 0 radical (unpaired) electrons. The number of benzene rings is 1. The number of carbonyl (C=O) groups excluding carboxylic acids is 2. The van der Waals surface area contributed by atoms with E-state index in [0.29, 0.717) is 0 Å². The van der Waals surface area contributed by atoms with Crippen LogP contribution in [0.5, 0.6) is 0 Å². The van der Waals surface area contributed by atoms with Crippen LogP contribution in [-0.2, 0) is 9.59 Å². The molecule has 0 heterocycles. The maximum atomic E-state index is 11.9. The zero-order valence-corrected chi connectivity index (χ0v) is 13.5. The molecule has 0 aliphatic rings. The second kappa shape index (κ2) is 7.22. The highest BCUT2D eigenvalue weighted by atomic mass is 16.2. The van der Waals surface area contributed by atoms with Crippen molar-refractivity contribution in [2.45, 2.75) is 33.2 Å². The quantitative estimate of drug-likeness (QED) is 0.734. The Hall–Kier alpha value is -1.88. The van der Waals surface area contributed by atoms with Gasteiger partial charge in [0.1, 0.15) is 0 Å². The molecule has 1 aromatic rings. The average molecular weight is 292 g/mol. The van der Waals surface area contributed by atoms with Crippen LogP contribution in [0.1, 0.15) is 26.3 Å². The van der Waals surface area contributed by atoms with Crippen LogP contribution in [0.2, 0.25) is 0 Å². The summed E-state index contributed by atoms with van der Waals surface area (Å²) in [6, 6.07) is 7.65. The lowest BCUT2D eigenvalue weighted by Crippen LogP contribution is -3.11. The Morgan fingerprint density at radius 2 is 1.76 bits per heavy atom. The van der Waals surface area contributed by atoms with Gasteiger partial charge in [0.15, 0.2) is 13.1 Å². The highest BCUT2D eigenvalue weighted by molar-refractivity contribution is 5.91. The minimum atomic E-state index is -0.249. The number of rotatable bonds is 5. The zero-order valence-electron chi connectivity index (χ0n) is 13.5. The number of likely N-dealkylation sites (N-methyl/N-ethyl adjacent to an activating group) is 1. The number of anilines is 1. The molecule has 1 unspecified atom stereocenters.